The molecule has 2 aromatic rings. The van der Waals surface area contributed by atoms with Crippen molar-refractivity contribution < 1.29 is 18.4 Å². The smallest absolute Gasteiger partial charge is 0.239 e. The Morgan fingerprint density at radius 2 is 2.21 bits per heavy atom. The van der Waals surface area contributed by atoms with E-state index >= 15 is 0 Å². The molecule has 1 aliphatic heterocycles. The highest BCUT2D eigenvalue weighted by atomic mass is 19.2. The average Bonchev–Trinajstić information content (AvgIpc) is 3.14. The minimum absolute atomic E-state index is 0.0105. The van der Waals surface area contributed by atoms with Crippen molar-refractivity contribution in [1.29, 1.82) is 0 Å². The van der Waals surface area contributed by atoms with E-state index in [0.717, 1.165) is 12.1 Å². The van der Waals surface area contributed by atoms with Crippen LogP contribution in [0.15, 0.2) is 18.2 Å². The summed E-state index contributed by atoms with van der Waals surface area (Å²) in [7, 11) is 0. The van der Waals surface area contributed by atoms with Crippen LogP contribution in [0.5, 0.6) is 0 Å². The quantitative estimate of drug-likeness (QED) is 0.744. The molecule has 2 heterocycles. The van der Waals surface area contributed by atoms with E-state index in [2.05, 4.69) is 20.5 Å². The van der Waals surface area contributed by atoms with Crippen LogP contribution in [0.4, 0.5) is 20.4 Å². The van der Waals surface area contributed by atoms with Crippen molar-refractivity contribution in [3.63, 3.8) is 0 Å². The lowest BCUT2D eigenvalue weighted by Crippen LogP contribution is -2.33. The molecule has 126 valence electrons. The number of carbonyl (C=O) groups is 2. The van der Waals surface area contributed by atoms with E-state index in [1.807, 2.05) is 0 Å². The minimum atomic E-state index is -1.05. The molecule has 1 saturated heterocycles. The summed E-state index contributed by atoms with van der Waals surface area (Å²) in [6.07, 6.45) is -0.0105. The Bertz CT molecular complexity index is 793. The van der Waals surface area contributed by atoms with Gasteiger partial charge in [-0.15, -0.1) is 5.10 Å². The van der Waals surface area contributed by atoms with E-state index in [1.54, 1.807) is 0 Å². The second-order valence-corrected chi connectivity index (χ2v) is 5.36. The first-order valence-corrected chi connectivity index (χ1v) is 7.14. The number of H-pyrrole nitrogens is 1. The summed E-state index contributed by atoms with van der Waals surface area (Å²) >= 11 is 0. The van der Waals surface area contributed by atoms with Gasteiger partial charge in [0.2, 0.25) is 17.8 Å². The molecular weight excluding hydrogens is 322 g/mol. The summed E-state index contributed by atoms with van der Waals surface area (Å²) in [5.41, 5.74) is 5.58. The second-order valence-electron chi connectivity index (χ2n) is 5.36. The minimum Gasteiger partial charge on any atom is -0.367 e. The molecule has 3 rings (SSSR count). The van der Waals surface area contributed by atoms with Gasteiger partial charge < -0.3 is 16.0 Å². The van der Waals surface area contributed by atoms with Crippen LogP contribution in [0.1, 0.15) is 12.2 Å². The molecule has 4 N–H and O–H groups in total. The number of carbonyl (C=O) groups excluding carboxylic acids is 2. The number of rotatable bonds is 4. The molecule has 1 fully saturated rings. The van der Waals surface area contributed by atoms with E-state index in [1.165, 1.54) is 11.0 Å². The summed E-state index contributed by atoms with van der Waals surface area (Å²) in [4.78, 5) is 29.3. The molecule has 1 atom stereocenters. The van der Waals surface area contributed by atoms with Crippen molar-refractivity contribution in [3.8, 4) is 0 Å². The third kappa shape index (κ3) is 3.16. The zero-order valence-electron chi connectivity index (χ0n) is 12.4. The van der Waals surface area contributed by atoms with E-state index in [-0.39, 0.29) is 43.0 Å². The third-order valence-corrected chi connectivity index (χ3v) is 3.69. The summed E-state index contributed by atoms with van der Waals surface area (Å²) in [6, 6.07) is 3.18. The zero-order chi connectivity index (χ0) is 17.3. The van der Waals surface area contributed by atoms with Gasteiger partial charge in [-0.25, -0.2) is 8.78 Å². The third-order valence-electron chi connectivity index (χ3n) is 3.69. The van der Waals surface area contributed by atoms with Crippen molar-refractivity contribution in [2.75, 3.05) is 17.2 Å². The van der Waals surface area contributed by atoms with Gasteiger partial charge in [0.25, 0.3) is 0 Å². The Balaban J connectivity index is 1.63. The van der Waals surface area contributed by atoms with Crippen molar-refractivity contribution in [2.24, 2.45) is 5.92 Å². The second kappa shape index (κ2) is 6.22. The van der Waals surface area contributed by atoms with E-state index < -0.39 is 17.6 Å². The van der Waals surface area contributed by atoms with Gasteiger partial charge in [-0.05, 0) is 12.1 Å². The van der Waals surface area contributed by atoms with Crippen molar-refractivity contribution in [1.82, 2.24) is 20.5 Å². The number of aromatic amines is 1. The lowest BCUT2D eigenvalue weighted by molar-refractivity contribution is -0.126. The lowest BCUT2D eigenvalue weighted by Gasteiger charge is -2.16. The fourth-order valence-electron chi connectivity index (χ4n) is 2.49. The molecule has 0 saturated carbocycles. The van der Waals surface area contributed by atoms with Gasteiger partial charge in [0.05, 0.1) is 12.5 Å². The molecule has 0 aliphatic carbocycles. The monoisotopic (exact) mass is 336 g/mol. The summed E-state index contributed by atoms with van der Waals surface area (Å²) in [6.45, 7) is 0.188. The number of hydrogen-bond donors (Lipinski definition) is 3. The molecule has 2 amide bonds. The molecule has 1 aliphatic rings. The van der Waals surface area contributed by atoms with E-state index in [9.17, 15) is 18.4 Å². The van der Waals surface area contributed by atoms with Crippen LogP contribution < -0.4 is 16.0 Å². The molecule has 1 aromatic heterocycles. The summed E-state index contributed by atoms with van der Waals surface area (Å²) in [5, 5.41) is 8.81. The molecule has 0 spiro atoms. The van der Waals surface area contributed by atoms with Crippen LogP contribution >= 0.6 is 0 Å². The largest absolute Gasteiger partial charge is 0.367 e. The van der Waals surface area contributed by atoms with Gasteiger partial charge in [-0.1, -0.05) is 0 Å². The number of anilines is 2. The molecule has 0 unspecified atom stereocenters. The maximum atomic E-state index is 13.3. The number of hydrogen-bond acceptors (Lipinski definition) is 5. The summed E-state index contributed by atoms with van der Waals surface area (Å²) < 4.78 is 26.3. The predicted molar refractivity (Wildman–Crippen MR) is 79.5 cm³/mol. The Hall–Kier alpha value is -3.04. The van der Waals surface area contributed by atoms with Crippen LogP contribution in [0.25, 0.3) is 0 Å². The number of halogens is 2. The van der Waals surface area contributed by atoms with Crippen LogP contribution in [-0.4, -0.2) is 33.5 Å². The Morgan fingerprint density at radius 3 is 2.88 bits per heavy atom. The van der Waals surface area contributed by atoms with Crippen molar-refractivity contribution in [2.45, 2.75) is 13.0 Å². The van der Waals surface area contributed by atoms with Gasteiger partial charge >= 0.3 is 0 Å². The molecule has 10 heteroatoms. The standard InChI is InChI=1S/C14H14F2N6O2/c15-9-2-1-8(4-10(9)16)22-6-7(3-12(22)23)13(24)18-5-11-19-14(17)21-20-11/h1-2,4,7H,3,5-6H2,(H,18,24)(H3,17,19,20,21)/t7-/m1/s1. The molecule has 1 aromatic carbocycles. The maximum Gasteiger partial charge on any atom is 0.239 e. The molecule has 24 heavy (non-hydrogen) atoms. The highest BCUT2D eigenvalue weighted by molar-refractivity contribution is 6.00. The van der Waals surface area contributed by atoms with Crippen LogP contribution in [0.3, 0.4) is 0 Å². The number of aromatic nitrogens is 3. The van der Waals surface area contributed by atoms with E-state index in [4.69, 9.17) is 5.73 Å². The topological polar surface area (TPSA) is 117 Å². The van der Waals surface area contributed by atoms with Crippen LogP contribution in [0.2, 0.25) is 0 Å². The molecular formula is C14H14F2N6O2. The predicted octanol–water partition coefficient (Wildman–Crippen LogP) is 0.334. The first-order chi connectivity index (χ1) is 11.4. The number of nitrogens with two attached hydrogens (primary N) is 1. The first-order valence-electron chi connectivity index (χ1n) is 7.14. The number of nitrogens with one attached hydrogen (secondary N) is 2. The Labute approximate surface area is 135 Å². The molecule has 0 radical (unpaired) electrons. The van der Waals surface area contributed by atoms with E-state index in [0.29, 0.717) is 5.82 Å². The zero-order valence-corrected chi connectivity index (χ0v) is 12.4. The normalized spacial score (nSPS) is 17.3. The molecule has 0 bridgehead atoms. The van der Waals surface area contributed by atoms with Crippen LogP contribution in [-0.2, 0) is 16.1 Å². The van der Waals surface area contributed by atoms with Gasteiger partial charge in [0, 0.05) is 24.7 Å². The van der Waals surface area contributed by atoms with Gasteiger partial charge in [-0.2, -0.15) is 4.98 Å². The number of amides is 2. The fourth-order valence-corrected chi connectivity index (χ4v) is 2.49. The fraction of sp³-hybridized carbons (Fsp3) is 0.286. The molecule has 8 nitrogen and oxygen atoms in total. The van der Waals surface area contributed by atoms with Crippen molar-refractivity contribution >= 4 is 23.5 Å². The number of nitrogens with zero attached hydrogens (tertiary/aromatic N) is 3. The van der Waals surface area contributed by atoms with Gasteiger partial charge in [-0.3, -0.25) is 14.7 Å². The number of nitrogen functional groups attached to an aromatic ring is 1. The van der Waals surface area contributed by atoms with Crippen molar-refractivity contribution in [3.05, 3.63) is 35.7 Å². The highest BCUT2D eigenvalue weighted by Gasteiger charge is 2.35. The Morgan fingerprint density at radius 1 is 1.42 bits per heavy atom. The SMILES string of the molecule is Nc1n[nH]c(CNC(=O)[C@@H]2CC(=O)N(c3ccc(F)c(F)c3)C2)n1. The number of benzene rings is 1. The first kappa shape index (κ1) is 15.8. The van der Waals surface area contributed by atoms with Gasteiger partial charge in [0.1, 0.15) is 5.82 Å². The maximum absolute atomic E-state index is 13.3. The lowest BCUT2D eigenvalue weighted by atomic mass is 10.1. The van der Waals surface area contributed by atoms with Crippen LogP contribution in [0, 0.1) is 17.6 Å². The Kier molecular flexibility index (Phi) is 4.11. The summed E-state index contributed by atoms with van der Waals surface area (Å²) in [5.74, 6) is -2.84. The average molecular weight is 336 g/mol. The highest BCUT2D eigenvalue weighted by Crippen LogP contribution is 2.26. The van der Waals surface area contributed by atoms with Gasteiger partial charge in [0.15, 0.2) is 11.6 Å².